The van der Waals surface area contributed by atoms with E-state index >= 15 is 0 Å². The first-order chi connectivity index (χ1) is 9.98. The first-order valence-corrected chi connectivity index (χ1v) is 8.85. The predicted octanol–water partition coefficient (Wildman–Crippen LogP) is 5.08. The fourth-order valence-electron chi connectivity index (χ4n) is 2.81. The summed E-state index contributed by atoms with van der Waals surface area (Å²) in [5.74, 6) is 0.481. The molecule has 1 aliphatic carbocycles. The molecule has 1 saturated carbocycles. The number of nitrogens with two attached hydrogens (primary N) is 1. The summed E-state index contributed by atoms with van der Waals surface area (Å²) in [6.45, 7) is 2.27. The van der Waals surface area contributed by atoms with Crippen LogP contribution in [0.25, 0.3) is 11.3 Å². The average Bonchev–Trinajstić information content (AvgIpc) is 2.92. The quantitative estimate of drug-likeness (QED) is 0.802. The lowest BCUT2D eigenvalue weighted by molar-refractivity contribution is 0.247. The van der Waals surface area contributed by atoms with Gasteiger partial charge in [0.2, 0.25) is 0 Å². The van der Waals surface area contributed by atoms with Crippen LogP contribution in [-0.2, 0) is 5.54 Å². The number of halogens is 2. The van der Waals surface area contributed by atoms with Crippen molar-refractivity contribution in [3.8, 4) is 11.3 Å². The van der Waals surface area contributed by atoms with Crippen LogP contribution in [0.15, 0.2) is 28.1 Å². The van der Waals surface area contributed by atoms with Crippen molar-refractivity contribution >= 4 is 27.3 Å². The molecule has 1 fully saturated rings. The van der Waals surface area contributed by atoms with Crippen LogP contribution >= 0.6 is 27.3 Å². The summed E-state index contributed by atoms with van der Waals surface area (Å²) in [4.78, 5) is 4.63. The molecule has 1 aromatic carbocycles. The zero-order valence-electron chi connectivity index (χ0n) is 11.9. The van der Waals surface area contributed by atoms with Crippen LogP contribution in [0.5, 0.6) is 0 Å². The van der Waals surface area contributed by atoms with Crippen molar-refractivity contribution in [2.24, 2.45) is 11.7 Å². The van der Waals surface area contributed by atoms with Crippen LogP contribution in [0.2, 0.25) is 0 Å². The van der Waals surface area contributed by atoms with Crippen molar-refractivity contribution in [2.45, 2.75) is 38.1 Å². The highest BCUT2D eigenvalue weighted by Crippen LogP contribution is 2.40. The van der Waals surface area contributed by atoms with Gasteiger partial charge in [0.1, 0.15) is 10.8 Å². The molecule has 21 heavy (non-hydrogen) atoms. The minimum Gasteiger partial charge on any atom is -0.319 e. The molecular weight excluding hydrogens is 351 g/mol. The molecule has 0 bridgehead atoms. The molecule has 0 radical (unpaired) electrons. The van der Waals surface area contributed by atoms with Crippen LogP contribution in [0.4, 0.5) is 4.39 Å². The summed E-state index contributed by atoms with van der Waals surface area (Å²) in [6.07, 6.45) is 4.20. The lowest BCUT2D eigenvalue weighted by atomic mass is 9.78. The molecule has 2 nitrogen and oxygen atoms in total. The van der Waals surface area contributed by atoms with E-state index in [9.17, 15) is 4.39 Å². The Balaban J connectivity index is 1.89. The van der Waals surface area contributed by atoms with E-state index in [1.165, 1.54) is 6.07 Å². The molecule has 1 heterocycles. The largest absolute Gasteiger partial charge is 0.319 e. The second-order valence-corrected chi connectivity index (χ2v) is 7.77. The van der Waals surface area contributed by atoms with Crippen molar-refractivity contribution in [1.82, 2.24) is 4.98 Å². The van der Waals surface area contributed by atoms with Gasteiger partial charge in [-0.3, -0.25) is 0 Å². The lowest BCUT2D eigenvalue weighted by Gasteiger charge is -2.34. The van der Waals surface area contributed by atoms with Crippen molar-refractivity contribution in [2.75, 3.05) is 0 Å². The number of thiazole rings is 1. The van der Waals surface area contributed by atoms with Gasteiger partial charge in [-0.2, -0.15) is 0 Å². The van der Waals surface area contributed by atoms with Crippen molar-refractivity contribution in [3.05, 3.63) is 38.9 Å². The molecule has 112 valence electrons. The zero-order chi connectivity index (χ0) is 15.0. The van der Waals surface area contributed by atoms with Gasteiger partial charge in [0.05, 0.1) is 11.2 Å². The molecule has 0 amide bonds. The maximum absolute atomic E-state index is 14.0. The fraction of sp³-hybridized carbons (Fsp3) is 0.438. The SMILES string of the molecule is CC1CCC(N)(c2nc(-c3ccc(Br)cc3F)cs2)CC1. The summed E-state index contributed by atoms with van der Waals surface area (Å²) in [7, 11) is 0. The predicted molar refractivity (Wildman–Crippen MR) is 88.7 cm³/mol. The van der Waals surface area contributed by atoms with Gasteiger partial charge in [-0.25, -0.2) is 9.37 Å². The van der Waals surface area contributed by atoms with E-state index in [1.54, 1.807) is 17.4 Å². The van der Waals surface area contributed by atoms with Gasteiger partial charge in [-0.15, -0.1) is 11.3 Å². The van der Waals surface area contributed by atoms with Crippen LogP contribution < -0.4 is 5.73 Å². The zero-order valence-corrected chi connectivity index (χ0v) is 14.3. The number of rotatable bonds is 2. The second-order valence-electron chi connectivity index (χ2n) is 6.00. The third-order valence-electron chi connectivity index (χ3n) is 4.30. The Kier molecular flexibility index (Phi) is 4.17. The Morgan fingerprint density at radius 3 is 2.76 bits per heavy atom. The maximum Gasteiger partial charge on any atom is 0.133 e. The Morgan fingerprint density at radius 1 is 1.38 bits per heavy atom. The third kappa shape index (κ3) is 3.05. The van der Waals surface area contributed by atoms with Gasteiger partial charge in [-0.1, -0.05) is 22.9 Å². The highest BCUT2D eigenvalue weighted by molar-refractivity contribution is 9.10. The molecule has 0 aliphatic heterocycles. The van der Waals surface area contributed by atoms with Crippen molar-refractivity contribution in [3.63, 3.8) is 0 Å². The van der Waals surface area contributed by atoms with Gasteiger partial charge in [-0.05, 0) is 49.8 Å². The van der Waals surface area contributed by atoms with Crippen LogP contribution in [0, 0.1) is 11.7 Å². The van der Waals surface area contributed by atoms with E-state index in [-0.39, 0.29) is 11.4 Å². The first kappa shape index (κ1) is 15.1. The normalized spacial score (nSPS) is 26.0. The molecule has 0 spiro atoms. The number of hydrogen-bond acceptors (Lipinski definition) is 3. The van der Waals surface area contributed by atoms with E-state index in [4.69, 9.17) is 5.73 Å². The molecule has 5 heteroatoms. The monoisotopic (exact) mass is 368 g/mol. The third-order valence-corrected chi connectivity index (χ3v) is 5.86. The Hall–Kier alpha value is -0.780. The standard InChI is InChI=1S/C16H18BrFN2S/c1-10-4-6-16(19,7-5-10)15-20-14(9-21-15)12-3-2-11(17)8-13(12)18/h2-3,8-10H,4-7,19H2,1H3. The smallest absolute Gasteiger partial charge is 0.133 e. The average molecular weight is 369 g/mol. The summed E-state index contributed by atoms with van der Waals surface area (Å²) in [5, 5.41) is 2.85. The van der Waals surface area contributed by atoms with Gasteiger partial charge in [0.15, 0.2) is 0 Å². The molecule has 0 saturated heterocycles. The van der Waals surface area contributed by atoms with Crippen LogP contribution in [-0.4, -0.2) is 4.98 Å². The first-order valence-electron chi connectivity index (χ1n) is 7.18. The van der Waals surface area contributed by atoms with E-state index < -0.39 is 0 Å². The molecule has 2 N–H and O–H groups in total. The van der Waals surface area contributed by atoms with Crippen LogP contribution in [0.3, 0.4) is 0 Å². The molecular formula is C16H18BrFN2S. The topological polar surface area (TPSA) is 38.9 Å². The summed E-state index contributed by atoms with van der Waals surface area (Å²) in [5.41, 5.74) is 7.43. The highest BCUT2D eigenvalue weighted by atomic mass is 79.9. The van der Waals surface area contributed by atoms with Gasteiger partial charge in [0.25, 0.3) is 0 Å². The summed E-state index contributed by atoms with van der Waals surface area (Å²) < 4.78 is 14.8. The Labute approximate surface area is 136 Å². The molecule has 1 aliphatic rings. The molecule has 3 rings (SSSR count). The molecule has 0 atom stereocenters. The Bertz CT molecular complexity index is 647. The maximum atomic E-state index is 14.0. The summed E-state index contributed by atoms with van der Waals surface area (Å²) >= 11 is 4.82. The fourth-order valence-corrected chi connectivity index (χ4v) is 4.14. The lowest BCUT2D eigenvalue weighted by Crippen LogP contribution is -2.40. The Morgan fingerprint density at radius 2 is 2.10 bits per heavy atom. The van der Waals surface area contributed by atoms with Crippen molar-refractivity contribution in [1.29, 1.82) is 0 Å². The highest BCUT2D eigenvalue weighted by Gasteiger charge is 2.34. The van der Waals surface area contributed by atoms with E-state index in [0.29, 0.717) is 11.3 Å². The molecule has 2 aromatic rings. The van der Waals surface area contributed by atoms with Gasteiger partial charge < -0.3 is 5.73 Å². The van der Waals surface area contributed by atoms with Crippen LogP contribution in [0.1, 0.15) is 37.6 Å². The molecule has 1 aromatic heterocycles. The molecule has 0 unspecified atom stereocenters. The number of benzene rings is 1. The summed E-state index contributed by atoms with van der Waals surface area (Å²) in [6, 6.07) is 5.05. The minimum atomic E-state index is -0.332. The van der Waals surface area contributed by atoms with E-state index in [1.807, 2.05) is 11.4 Å². The van der Waals surface area contributed by atoms with Gasteiger partial charge in [0, 0.05) is 15.4 Å². The number of hydrogen-bond donors (Lipinski definition) is 1. The van der Waals surface area contributed by atoms with Gasteiger partial charge >= 0.3 is 0 Å². The number of nitrogens with zero attached hydrogens (tertiary/aromatic N) is 1. The number of aromatic nitrogens is 1. The van der Waals surface area contributed by atoms with Crippen molar-refractivity contribution < 1.29 is 4.39 Å². The second kappa shape index (κ2) is 5.78. The van der Waals surface area contributed by atoms with E-state index in [0.717, 1.165) is 41.1 Å². The minimum absolute atomic E-state index is 0.260. The van der Waals surface area contributed by atoms with E-state index in [2.05, 4.69) is 27.8 Å².